The summed E-state index contributed by atoms with van der Waals surface area (Å²) < 4.78 is 25.1. The summed E-state index contributed by atoms with van der Waals surface area (Å²) in [7, 11) is 0. The van der Waals surface area contributed by atoms with Crippen molar-refractivity contribution in [1.29, 1.82) is 0 Å². The molecule has 0 fully saturated rings. The lowest BCUT2D eigenvalue weighted by molar-refractivity contribution is -0.142. The molecule has 6 heteroatoms. The normalized spacial score (nSPS) is 12.6. The first-order valence-corrected chi connectivity index (χ1v) is 10.5. The lowest BCUT2D eigenvalue weighted by atomic mass is 10.1. The average molecular weight is 433 g/mol. The molecule has 4 rings (SSSR count). The molecule has 0 saturated carbocycles. The lowest BCUT2D eigenvalue weighted by Crippen LogP contribution is -2.23. The van der Waals surface area contributed by atoms with Crippen LogP contribution < -0.4 is 9.64 Å². The molecule has 0 radical (unpaired) electrons. The van der Waals surface area contributed by atoms with E-state index in [-0.39, 0.29) is 24.1 Å². The van der Waals surface area contributed by atoms with Crippen LogP contribution in [-0.4, -0.2) is 18.5 Å². The molecule has 0 atom stereocenters. The Morgan fingerprint density at radius 1 is 1.06 bits per heavy atom. The number of rotatable bonds is 7. The predicted octanol–water partition coefficient (Wildman–Crippen LogP) is 4.98. The fourth-order valence-corrected chi connectivity index (χ4v) is 3.77. The average Bonchev–Trinajstić information content (AvgIpc) is 3.12. The maximum atomic E-state index is 14.0. The van der Waals surface area contributed by atoms with Gasteiger partial charge in [-0.25, -0.2) is 4.39 Å². The van der Waals surface area contributed by atoms with Crippen LogP contribution in [-0.2, 0) is 29.1 Å². The van der Waals surface area contributed by atoms with Gasteiger partial charge in [-0.1, -0.05) is 36.4 Å². The molecule has 0 spiro atoms. The highest BCUT2D eigenvalue weighted by molar-refractivity contribution is 6.10. The number of hydrogen-bond acceptors (Lipinski definition) is 4. The third-order valence-corrected chi connectivity index (χ3v) is 5.43. The van der Waals surface area contributed by atoms with Gasteiger partial charge in [-0.2, -0.15) is 0 Å². The van der Waals surface area contributed by atoms with Crippen molar-refractivity contribution in [2.75, 3.05) is 11.5 Å². The number of hydrogen-bond donors (Lipinski definition) is 0. The van der Waals surface area contributed by atoms with Crippen LogP contribution in [0.4, 0.5) is 10.1 Å². The number of halogens is 1. The van der Waals surface area contributed by atoms with Crippen molar-refractivity contribution in [2.45, 2.75) is 33.4 Å². The number of aryl methyl sites for hydroxylation is 1. The van der Waals surface area contributed by atoms with Gasteiger partial charge in [0, 0.05) is 16.8 Å². The van der Waals surface area contributed by atoms with E-state index in [1.54, 1.807) is 43.0 Å². The van der Waals surface area contributed by atoms with Crippen molar-refractivity contribution < 1.29 is 23.5 Å². The van der Waals surface area contributed by atoms with Gasteiger partial charge < -0.3 is 14.4 Å². The molecule has 0 bridgehead atoms. The molecule has 0 aromatic heterocycles. The fraction of sp³-hybridized carbons (Fsp3) is 0.231. The topological polar surface area (TPSA) is 55.8 Å². The van der Waals surface area contributed by atoms with Gasteiger partial charge in [0.25, 0.3) is 5.91 Å². The summed E-state index contributed by atoms with van der Waals surface area (Å²) in [6.45, 7) is 4.43. The first kappa shape index (κ1) is 21.6. The quantitative estimate of drug-likeness (QED) is 0.493. The fourth-order valence-electron chi connectivity index (χ4n) is 3.77. The number of carbonyl (C=O) groups is 2. The largest absolute Gasteiger partial charge is 0.489 e. The Morgan fingerprint density at radius 2 is 1.84 bits per heavy atom. The maximum Gasteiger partial charge on any atom is 0.310 e. The summed E-state index contributed by atoms with van der Waals surface area (Å²) in [6.07, 6.45) is 0.207. The summed E-state index contributed by atoms with van der Waals surface area (Å²) in [5.41, 5.74) is 4.15. The van der Waals surface area contributed by atoms with E-state index in [0.717, 1.165) is 16.7 Å². The van der Waals surface area contributed by atoms with Crippen molar-refractivity contribution in [3.63, 3.8) is 0 Å². The molecule has 0 saturated heterocycles. The number of esters is 1. The Kier molecular flexibility index (Phi) is 6.21. The molecule has 3 aromatic carbocycles. The number of amides is 1. The molecule has 3 aromatic rings. The SMILES string of the molecule is CCOC(=O)Cc1cccc(COc2cccc3c2CN(c2ccc(C)c(F)c2)C3=O)c1. The van der Waals surface area contributed by atoms with Gasteiger partial charge in [0.05, 0.1) is 19.6 Å². The molecule has 0 aliphatic carbocycles. The second kappa shape index (κ2) is 9.22. The molecule has 1 heterocycles. The van der Waals surface area contributed by atoms with Gasteiger partial charge in [0.2, 0.25) is 0 Å². The highest BCUT2D eigenvalue weighted by atomic mass is 19.1. The van der Waals surface area contributed by atoms with E-state index < -0.39 is 0 Å². The summed E-state index contributed by atoms with van der Waals surface area (Å²) in [5.74, 6) is -0.171. The monoisotopic (exact) mass is 433 g/mol. The van der Waals surface area contributed by atoms with Crippen LogP contribution in [0.5, 0.6) is 5.75 Å². The van der Waals surface area contributed by atoms with E-state index in [1.807, 2.05) is 30.3 Å². The van der Waals surface area contributed by atoms with Crippen molar-refractivity contribution in [3.8, 4) is 5.75 Å². The van der Waals surface area contributed by atoms with Crippen LogP contribution in [0.25, 0.3) is 0 Å². The molecule has 164 valence electrons. The molecule has 1 amide bonds. The minimum Gasteiger partial charge on any atom is -0.489 e. The summed E-state index contributed by atoms with van der Waals surface area (Å²) >= 11 is 0. The van der Waals surface area contributed by atoms with Crippen molar-refractivity contribution in [1.82, 2.24) is 0 Å². The summed E-state index contributed by atoms with van der Waals surface area (Å²) in [4.78, 5) is 26.2. The van der Waals surface area contributed by atoms with Crippen molar-refractivity contribution in [3.05, 3.63) is 94.3 Å². The predicted molar refractivity (Wildman–Crippen MR) is 119 cm³/mol. The van der Waals surface area contributed by atoms with Crippen LogP contribution >= 0.6 is 0 Å². The number of carbonyl (C=O) groups excluding carboxylic acids is 2. The maximum absolute atomic E-state index is 14.0. The minimum atomic E-state index is -0.342. The Hall–Kier alpha value is -3.67. The zero-order chi connectivity index (χ0) is 22.7. The Morgan fingerprint density at radius 3 is 2.62 bits per heavy atom. The van der Waals surface area contributed by atoms with E-state index in [1.165, 1.54) is 6.07 Å². The van der Waals surface area contributed by atoms with Crippen LogP contribution in [0.15, 0.2) is 60.7 Å². The molecule has 0 N–H and O–H groups in total. The van der Waals surface area contributed by atoms with Crippen LogP contribution in [0.3, 0.4) is 0 Å². The Labute approximate surface area is 186 Å². The Bertz CT molecular complexity index is 1170. The summed E-state index contributed by atoms with van der Waals surface area (Å²) in [5, 5.41) is 0. The molecule has 5 nitrogen and oxygen atoms in total. The van der Waals surface area contributed by atoms with Crippen molar-refractivity contribution >= 4 is 17.6 Å². The minimum absolute atomic E-state index is 0.176. The van der Waals surface area contributed by atoms with Gasteiger partial charge in [0.1, 0.15) is 18.2 Å². The highest BCUT2D eigenvalue weighted by Gasteiger charge is 2.31. The van der Waals surface area contributed by atoms with Gasteiger partial charge in [0.15, 0.2) is 0 Å². The zero-order valence-corrected chi connectivity index (χ0v) is 18.1. The van der Waals surface area contributed by atoms with Gasteiger partial charge in [-0.05, 0) is 54.8 Å². The van der Waals surface area contributed by atoms with E-state index in [2.05, 4.69) is 0 Å². The number of fused-ring (bicyclic) bond motifs is 1. The van der Waals surface area contributed by atoms with E-state index in [4.69, 9.17) is 9.47 Å². The Balaban J connectivity index is 1.50. The van der Waals surface area contributed by atoms with Crippen molar-refractivity contribution in [2.24, 2.45) is 0 Å². The van der Waals surface area contributed by atoms with Gasteiger partial charge >= 0.3 is 5.97 Å². The standard InChI is InChI=1S/C26H24FNO4/c1-3-31-25(29)13-18-6-4-7-19(12-18)16-32-24-9-5-8-21-22(24)15-28(26(21)30)20-11-10-17(2)23(27)14-20/h4-12,14H,3,13,15-16H2,1-2H3. The zero-order valence-electron chi connectivity index (χ0n) is 18.1. The molecule has 1 aliphatic rings. The highest BCUT2D eigenvalue weighted by Crippen LogP contribution is 2.34. The smallest absolute Gasteiger partial charge is 0.310 e. The summed E-state index contributed by atoms with van der Waals surface area (Å²) in [6, 6.07) is 17.7. The van der Waals surface area contributed by atoms with E-state index in [9.17, 15) is 14.0 Å². The van der Waals surface area contributed by atoms with Crippen LogP contribution in [0.2, 0.25) is 0 Å². The first-order chi connectivity index (χ1) is 15.5. The first-order valence-electron chi connectivity index (χ1n) is 10.5. The molecule has 0 unspecified atom stereocenters. The second-order valence-corrected chi connectivity index (χ2v) is 7.70. The third-order valence-electron chi connectivity index (χ3n) is 5.43. The third kappa shape index (κ3) is 4.49. The number of anilines is 1. The second-order valence-electron chi connectivity index (χ2n) is 7.70. The number of ether oxygens (including phenoxy) is 2. The molecule has 32 heavy (non-hydrogen) atoms. The molecular weight excluding hydrogens is 409 g/mol. The molecular formula is C26H24FNO4. The van der Waals surface area contributed by atoms with E-state index in [0.29, 0.717) is 42.3 Å². The van der Waals surface area contributed by atoms with E-state index >= 15 is 0 Å². The molecule has 1 aliphatic heterocycles. The van der Waals surface area contributed by atoms with Crippen LogP contribution in [0.1, 0.15) is 39.5 Å². The van der Waals surface area contributed by atoms with Crippen LogP contribution in [0, 0.1) is 12.7 Å². The van der Waals surface area contributed by atoms with Gasteiger partial charge in [-0.3, -0.25) is 9.59 Å². The number of nitrogens with zero attached hydrogens (tertiary/aromatic N) is 1. The lowest BCUT2D eigenvalue weighted by Gasteiger charge is -2.16. The number of benzene rings is 3. The van der Waals surface area contributed by atoms with Gasteiger partial charge in [-0.15, -0.1) is 0 Å².